The maximum Gasteiger partial charge on any atom is 0.319 e. The molecule has 0 aliphatic rings. The van der Waals surface area contributed by atoms with Crippen molar-refractivity contribution in [3.63, 3.8) is 0 Å². The van der Waals surface area contributed by atoms with Gasteiger partial charge in [-0.25, -0.2) is 4.79 Å². The van der Waals surface area contributed by atoms with Crippen LogP contribution in [0.15, 0.2) is 47.4 Å². The zero-order chi connectivity index (χ0) is 18.4. The first-order valence-electron chi connectivity index (χ1n) is 8.34. The highest BCUT2D eigenvalue weighted by molar-refractivity contribution is 5.88. The van der Waals surface area contributed by atoms with Crippen LogP contribution in [0.3, 0.4) is 0 Å². The fourth-order valence-corrected chi connectivity index (χ4v) is 2.25. The number of benzene rings is 1. The van der Waals surface area contributed by atoms with Crippen molar-refractivity contribution in [2.45, 2.75) is 33.4 Å². The Hall–Kier alpha value is -2.60. The number of pyridine rings is 1. The Morgan fingerprint density at radius 3 is 2.52 bits per heavy atom. The molecule has 3 N–H and O–H groups in total. The van der Waals surface area contributed by atoms with Crippen molar-refractivity contribution in [1.82, 2.24) is 9.88 Å². The zero-order valence-corrected chi connectivity index (χ0v) is 14.8. The van der Waals surface area contributed by atoms with Gasteiger partial charge in [-0.3, -0.25) is 4.79 Å². The maximum absolute atomic E-state index is 12.5. The number of carbonyl (C=O) groups is 1. The largest absolute Gasteiger partial charge is 0.391 e. The van der Waals surface area contributed by atoms with E-state index < -0.39 is 12.1 Å². The molecule has 134 valence electrons. The molecule has 0 aliphatic heterocycles. The third kappa shape index (κ3) is 5.46. The fraction of sp³-hybridized carbons (Fsp3) is 0.368. The van der Waals surface area contributed by atoms with Gasteiger partial charge in [0.1, 0.15) is 5.69 Å². The molecule has 0 spiro atoms. The molecule has 1 aromatic heterocycles. The van der Waals surface area contributed by atoms with Crippen LogP contribution in [0.2, 0.25) is 0 Å². The van der Waals surface area contributed by atoms with Crippen molar-refractivity contribution in [2.75, 3.05) is 11.9 Å². The molecule has 1 heterocycles. The zero-order valence-electron chi connectivity index (χ0n) is 14.8. The minimum atomic E-state index is -0.625. The van der Waals surface area contributed by atoms with E-state index in [1.165, 1.54) is 0 Å². The lowest BCUT2D eigenvalue weighted by molar-refractivity contribution is 0.126. The fourth-order valence-electron chi connectivity index (χ4n) is 2.25. The van der Waals surface area contributed by atoms with Gasteiger partial charge in [-0.15, -0.1) is 0 Å². The summed E-state index contributed by atoms with van der Waals surface area (Å²) in [4.78, 5) is 24.4. The summed E-state index contributed by atoms with van der Waals surface area (Å²) in [6, 6.07) is 10.7. The van der Waals surface area contributed by atoms with Crippen molar-refractivity contribution in [2.24, 2.45) is 5.92 Å². The monoisotopic (exact) mass is 343 g/mol. The quantitative estimate of drug-likeness (QED) is 0.753. The molecule has 0 bridgehead atoms. The smallest absolute Gasteiger partial charge is 0.319 e. The molecule has 1 unspecified atom stereocenters. The summed E-state index contributed by atoms with van der Waals surface area (Å²) in [6.45, 7) is 6.31. The Balaban J connectivity index is 2.04. The molecular formula is C19H25N3O3. The van der Waals surface area contributed by atoms with Crippen LogP contribution in [0.1, 0.15) is 25.0 Å². The van der Waals surface area contributed by atoms with Crippen LogP contribution < -0.4 is 16.2 Å². The van der Waals surface area contributed by atoms with Crippen LogP contribution >= 0.6 is 0 Å². The van der Waals surface area contributed by atoms with Crippen LogP contribution in [0.4, 0.5) is 10.5 Å². The SMILES string of the molecule is Cc1ccc(Cn2cccc(NC(=O)NCC(O)C(C)C)c2=O)cc1. The third-order valence-electron chi connectivity index (χ3n) is 3.98. The second kappa shape index (κ2) is 8.48. The number of hydrogen-bond donors (Lipinski definition) is 3. The Bertz CT molecular complexity index is 766. The van der Waals surface area contributed by atoms with Gasteiger partial charge in [0.15, 0.2) is 0 Å². The van der Waals surface area contributed by atoms with Crippen molar-refractivity contribution in [1.29, 1.82) is 0 Å². The highest BCUT2D eigenvalue weighted by Crippen LogP contribution is 2.06. The molecule has 0 fully saturated rings. The summed E-state index contributed by atoms with van der Waals surface area (Å²) < 4.78 is 1.54. The number of urea groups is 1. The number of aromatic nitrogens is 1. The molecule has 0 saturated heterocycles. The summed E-state index contributed by atoms with van der Waals surface area (Å²) in [5.74, 6) is 0.0452. The van der Waals surface area contributed by atoms with Gasteiger partial charge in [0, 0.05) is 12.7 Å². The number of nitrogens with zero attached hydrogens (tertiary/aromatic N) is 1. The van der Waals surface area contributed by atoms with E-state index in [0.29, 0.717) is 6.54 Å². The minimum Gasteiger partial charge on any atom is -0.391 e. The Labute approximate surface area is 147 Å². The van der Waals surface area contributed by atoms with Crippen LogP contribution in [-0.2, 0) is 6.54 Å². The number of anilines is 1. The third-order valence-corrected chi connectivity index (χ3v) is 3.98. The molecule has 6 nitrogen and oxygen atoms in total. The molecule has 6 heteroatoms. The topological polar surface area (TPSA) is 83.4 Å². The highest BCUT2D eigenvalue weighted by Gasteiger charge is 2.12. The van der Waals surface area contributed by atoms with Crippen LogP contribution in [0.25, 0.3) is 0 Å². The Morgan fingerprint density at radius 2 is 1.88 bits per heavy atom. The first kappa shape index (κ1) is 18.7. The molecular weight excluding hydrogens is 318 g/mol. The second-order valence-corrected chi connectivity index (χ2v) is 6.49. The van der Waals surface area contributed by atoms with Crippen molar-refractivity contribution in [3.05, 3.63) is 64.1 Å². The lowest BCUT2D eigenvalue weighted by Crippen LogP contribution is -2.38. The molecule has 2 aromatic rings. The van der Waals surface area contributed by atoms with E-state index in [0.717, 1.165) is 11.1 Å². The van der Waals surface area contributed by atoms with Gasteiger partial charge in [0.05, 0.1) is 12.6 Å². The van der Waals surface area contributed by atoms with Gasteiger partial charge < -0.3 is 20.3 Å². The van der Waals surface area contributed by atoms with E-state index in [2.05, 4.69) is 10.6 Å². The molecule has 0 aliphatic carbocycles. The number of aliphatic hydroxyl groups is 1. The molecule has 0 saturated carbocycles. The van der Waals surface area contributed by atoms with Crippen molar-refractivity contribution >= 4 is 11.7 Å². The van der Waals surface area contributed by atoms with E-state index in [1.807, 2.05) is 45.0 Å². The van der Waals surface area contributed by atoms with E-state index in [-0.39, 0.29) is 23.7 Å². The van der Waals surface area contributed by atoms with Gasteiger partial charge in [-0.2, -0.15) is 0 Å². The Morgan fingerprint density at radius 1 is 1.20 bits per heavy atom. The Kier molecular flexibility index (Phi) is 6.36. The standard InChI is InChI=1S/C19H25N3O3/c1-13(2)17(23)11-20-19(25)21-16-5-4-10-22(18(16)24)12-15-8-6-14(3)7-9-15/h4-10,13,17,23H,11-12H2,1-3H3,(H2,20,21,25). The molecule has 2 amide bonds. The van der Waals surface area contributed by atoms with Gasteiger partial charge in [-0.05, 0) is 30.5 Å². The number of nitrogens with one attached hydrogen (secondary N) is 2. The van der Waals surface area contributed by atoms with Crippen molar-refractivity contribution in [3.8, 4) is 0 Å². The summed E-state index contributed by atoms with van der Waals surface area (Å²) in [6.07, 6.45) is 1.06. The predicted octanol–water partition coefficient (Wildman–Crippen LogP) is 2.34. The number of hydrogen-bond acceptors (Lipinski definition) is 3. The van der Waals surface area contributed by atoms with E-state index in [4.69, 9.17) is 0 Å². The molecule has 1 aromatic carbocycles. The summed E-state index contributed by atoms with van der Waals surface area (Å²) in [5.41, 5.74) is 2.09. The average Bonchev–Trinajstić information content (AvgIpc) is 2.58. The first-order valence-corrected chi connectivity index (χ1v) is 8.34. The number of carbonyl (C=O) groups excluding carboxylic acids is 1. The van der Waals surface area contributed by atoms with Gasteiger partial charge in [0.2, 0.25) is 0 Å². The molecule has 0 radical (unpaired) electrons. The van der Waals surface area contributed by atoms with Crippen LogP contribution in [-0.4, -0.2) is 28.4 Å². The van der Waals surface area contributed by atoms with Crippen LogP contribution in [0.5, 0.6) is 0 Å². The molecule has 25 heavy (non-hydrogen) atoms. The average molecular weight is 343 g/mol. The first-order chi connectivity index (χ1) is 11.9. The molecule has 2 rings (SSSR count). The highest BCUT2D eigenvalue weighted by atomic mass is 16.3. The normalized spacial score (nSPS) is 12.0. The number of rotatable bonds is 6. The second-order valence-electron chi connectivity index (χ2n) is 6.49. The summed E-state index contributed by atoms with van der Waals surface area (Å²) >= 11 is 0. The summed E-state index contributed by atoms with van der Waals surface area (Å²) in [5, 5.41) is 14.8. The minimum absolute atomic E-state index is 0.0452. The van der Waals surface area contributed by atoms with Gasteiger partial charge >= 0.3 is 6.03 Å². The summed E-state index contributed by atoms with van der Waals surface area (Å²) in [7, 11) is 0. The van der Waals surface area contributed by atoms with Crippen LogP contribution in [0, 0.1) is 12.8 Å². The number of amides is 2. The van der Waals surface area contributed by atoms with E-state index in [1.54, 1.807) is 22.9 Å². The van der Waals surface area contributed by atoms with Crippen molar-refractivity contribution < 1.29 is 9.90 Å². The van der Waals surface area contributed by atoms with E-state index in [9.17, 15) is 14.7 Å². The maximum atomic E-state index is 12.5. The number of aliphatic hydroxyl groups excluding tert-OH is 1. The van der Waals surface area contributed by atoms with Gasteiger partial charge in [-0.1, -0.05) is 43.7 Å². The molecule has 1 atom stereocenters. The van der Waals surface area contributed by atoms with Gasteiger partial charge in [0.25, 0.3) is 5.56 Å². The van der Waals surface area contributed by atoms with E-state index >= 15 is 0 Å². The lowest BCUT2D eigenvalue weighted by Gasteiger charge is -2.15. The predicted molar refractivity (Wildman–Crippen MR) is 98.8 cm³/mol. The lowest BCUT2D eigenvalue weighted by atomic mass is 10.1. The number of aryl methyl sites for hydroxylation is 1.